The van der Waals surface area contributed by atoms with Gasteiger partial charge in [-0.1, -0.05) is 37.0 Å². The maximum Gasteiger partial charge on any atom is 0.324 e. The number of carbonyl (C=O) groups excluding carboxylic acids is 2. The molecule has 0 aromatic heterocycles. The first-order valence-electron chi connectivity index (χ1n) is 10.3. The van der Waals surface area contributed by atoms with Crippen molar-refractivity contribution in [2.45, 2.75) is 31.8 Å². The molecule has 0 saturated carbocycles. The van der Waals surface area contributed by atoms with E-state index >= 15 is 0 Å². The number of benzene rings is 2. The van der Waals surface area contributed by atoms with E-state index in [4.69, 9.17) is 23.2 Å². The fourth-order valence-corrected chi connectivity index (χ4v) is 5.92. The molecule has 4 atom stereocenters. The van der Waals surface area contributed by atoms with Crippen molar-refractivity contribution in [2.24, 2.45) is 17.8 Å². The normalized spacial score (nSPS) is 26.8. The second-order valence-electron chi connectivity index (χ2n) is 8.81. The lowest BCUT2D eigenvalue weighted by atomic mass is 9.75. The summed E-state index contributed by atoms with van der Waals surface area (Å²) in [6, 6.07) is 8.65. The summed E-state index contributed by atoms with van der Waals surface area (Å²) in [6.07, 6.45) is 0.106. The van der Waals surface area contributed by atoms with Crippen molar-refractivity contribution in [2.75, 3.05) is 4.90 Å². The summed E-state index contributed by atoms with van der Waals surface area (Å²) >= 11 is 14.4. The lowest BCUT2D eigenvalue weighted by molar-refractivity contribution is -0.149. The molecule has 10 heteroatoms. The van der Waals surface area contributed by atoms with Crippen molar-refractivity contribution in [3.63, 3.8) is 0 Å². The first-order chi connectivity index (χ1) is 15.5. The third-order valence-electron chi connectivity index (χ3n) is 6.24. The van der Waals surface area contributed by atoms with E-state index in [2.05, 4.69) is 27.9 Å². The molecule has 2 aromatic carbocycles. The fourth-order valence-electron chi connectivity index (χ4n) is 5.05. The molecule has 2 aliphatic heterocycles. The fraction of sp³-hybridized carbons (Fsp3) is 0.348. The molecule has 33 heavy (non-hydrogen) atoms. The molecule has 2 fully saturated rings. The summed E-state index contributed by atoms with van der Waals surface area (Å²) in [4.78, 5) is 41.1. The van der Waals surface area contributed by atoms with Crippen LogP contribution in [0.3, 0.4) is 0 Å². The van der Waals surface area contributed by atoms with E-state index in [9.17, 15) is 24.6 Å². The Labute approximate surface area is 214 Å². The summed E-state index contributed by atoms with van der Waals surface area (Å²) < 4.78 is 0.924. The number of carboxylic acid groups (broad SMARTS) is 1. The quantitative estimate of drug-likeness (QED) is 0.340. The highest BCUT2D eigenvalue weighted by atomic mass is 127. The Bertz CT molecular complexity index is 1160. The Kier molecular flexibility index (Phi) is 6.41. The SMILES string of the molecule is CC(C)C[C@]1(C(=O)O)N[C@@H](c2cc(Cl)cc(Cl)c2O)[C@H]2C(=O)N(c3ccc(I)cc3)C(=O)[C@H]21. The maximum absolute atomic E-state index is 13.7. The first-order valence-corrected chi connectivity index (χ1v) is 12.1. The molecule has 0 radical (unpaired) electrons. The molecule has 174 valence electrons. The zero-order valence-electron chi connectivity index (χ0n) is 17.7. The van der Waals surface area contributed by atoms with Crippen LogP contribution >= 0.6 is 45.8 Å². The van der Waals surface area contributed by atoms with Crippen LogP contribution in [0.2, 0.25) is 10.0 Å². The minimum absolute atomic E-state index is 0.0289. The number of aliphatic carboxylic acids is 1. The van der Waals surface area contributed by atoms with Crippen LogP contribution in [-0.4, -0.2) is 33.5 Å². The number of fused-ring (bicyclic) bond motifs is 1. The van der Waals surface area contributed by atoms with Gasteiger partial charge >= 0.3 is 5.97 Å². The number of imide groups is 1. The minimum Gasteiger partial charge on any atom is -0.506 e. The molecular weight excluding hydrogens is 582 g/mol. The number of amides is 2. The van der Waals surface area contributed by atoms with E-state index in [-0.39, 0.29) is 33.7 Å². The van der Waals surface area contributed by atoms with E-state index in [1.54, 1.807) is 24.3 Å². The van der Waals surface area contributed by atoms with E-state index in [1.807, 2.05) is 13.8 Å². The third kappa shape index (κ3) is 3.90. The largest absolute Gasteiger partial charge is 0.506 e. The predicted octanol–water partition coefficient (Wildman–Crippen LogP) is 4.62. The van der Waals surface area contributed by atoms with Crippen molar-refractivity contribution in [3.05, 3.63) is 55.6 Å². The Morgan fingerprint density at radius 3 is 2.39 bits per heavy atom. The second kappa shape index (κ2) is 8.72. The van der Waals surface area contributed by atoms with Crippen molar-refractivity contribution in [1.82, 2.24) is 5.32 Å². The lowest BCUT2D eigenvalue weighted by Gasteiger charge is -2.32. The molecule has 0 bridgehead atoms. The number of nitrogens with one attached hydrogen (secondary N) is 1. The minimum atomic E-state index is -1.71. The highest BCUT2D eigenvalue weighted by molar-refractivity contribution is 14.1. The van der Waals surface area contributed by atoms with Crippen molar-refractivity contribution in [3.8, 4) is 5.75 Å². The Morgan fingerprint density at radius 1 is 1.18 bits per heavy atom. The zero-order valence-corrected chi connectivity index (χ0v) is 21.4. The molecule has 2 aromatic rings. The van der Waals surface area contributed by atoms with Gasteiger partial charge in [0.2, 0.25) is 11.8 Å². The number of carbonyl (C=O) groups is 3. The molecule has 3 N–H and O–H groups in total. The molecule has 0 aliphatic carbocycles. The van der Waals surface area contributed by atoms with Crippen LogP contribution in [0.5, 0.6) is 5.75 Å². The van der Waals surface area contributed by atoms with Gasteiger partial charge in [-0.3, -0.25) is 19.7 Å². The van der Waals surface area contributed by atoms with Crippen LogP contribution in [0, 0.1) is 21.3 Å². The highest BCUT2D eigenvalue weighted by Crippen LogP contribution is 2.53. The standard InChI is InChI=1S/C23H21Cl2IN2O5/c1-10(2)9-23(22(32)33)17-16(18(27-23)14-7-11(24)8-15(25)19(14)29)20(30)28(21(17)31)13-5-3-12(26)4-6-13/h3-8,10,16-18,27,29H,9H2,1-2H3,(H,32,33)/t16-,17-,18-,23-/m0/s1. The number of nitrogens with zero attached hydrogens (tertiary/aromatic N) is 1. The third-order valence-corrected chi connectivity index (χ3v) is 7.47. The van der Waals surface area contributed by atoms with Crippen molar-refractivity contribution >= 4 is 69.3 Å². The predicted molar refractivity (Wildman–Crippen MR) is 132 cm³/mol. The highest BCUT2D eigenvalue weighted by Gasteiger charge is 2.69. The van der Waals surface area contributed by atoms with Gasteiger partial charge in [-0.05, 0) is 71.3 Å². The van der Waals surface area contributed by atoms with Gasteiger partial charge in [-0.15, -0.1) is 0 Å². The summed E-state index contributed by atoms with van der Waals surface area (Å²) in [6.45, 7) is 3.70. The molecule has 2 saturated heterocycles. The topological polar surface area (TPSA) is 107 Å². The van der Waals surface area contributed by atoms with Gasteiger partial charge in [0.25, 0.3) is 0 Å². The second-order valence-corrected chi connectivity index (χ2v) is 10.9. The number of phenols is 1. The van der Waals surface area contributed by atoms with E-state index in [0.29, 0.717) is 5.69 Å². The molecule has 2 amide bonds. The van der Waals surface area contributed by atoms with Crippen LogP contribution in [0.1, 0.15) is 31.9 Å². The van der Waals surface area contributed by atoms with Gasteiger partial charge in [0.1, 0.15) is 11.3 Å². The number of hydrogen-bond acceptors (Lipinski definition) is 5. The maximum atomic E-state index is 13.7. The monoisotopic (exact) mass is 602 g/mol. The summed E-state index contributed by atoms with van der Waals surface area (Å²) in [5, 5.41) is 24.2. The Balaban J connectivity index is 1.91. The van der Waals surface area contributed by atoms with Gasteiger partial charge in [0, 0.05) is 20.2 Å². The van der Waals surface area contributed by atoms with Crippen molar-refractivity contribution < 1.29 is 24.6 Å². The summed E-state index contributed by atoms with van der Waals surface area (Å²) in [5.74, 6) is -5.00. The zero-order chi connectivity index (χ0) is 24.2. The number of anilines is 1. The van der Waals surface area contributed by atoms with Crippen molar-refractivity contribution in [1.29, 1.82) is 0 Å². The van der Waals surface area contributed by atoms with Crippen LogP contribution in [0.15, 0.2) is 36.4 Å². The van der Waals surface area contributed by atoms with Gasteiger partial charge in [0.05, 0.1) is 22.5 Å². The molecule has 2 heterocycles. The summed E-state index contributed by atoms with van der Waals surface area (Å²) in [5.41, 5.74) is -1.16. The molecular formula is C23H21Cl2IN2O5. The smallest absolute Gasteiger partial charge is 0.324 e. The average molecular weight is 603 g/mol. The number of aromatic hydroxyl groups is 1. The number of phenolic OH excluding ortho intramolecular Hbond substituents is 1. The van der Waals surface area contributed by atoms with Crippen LogP contribution < -0.4 is 10.2 Å². The van der Waals surface area contributed by atoms with Gasteiger partial charge in [-0.2, -0.15) is 0 Å². The van der Waals surface area contributed by atoms with E-state index in [1.165, 1.54) is 12.1 Å². The number of rotatable bonds is 5. The van der Waals surface area contributed by atoms with Crippen LogP contribution in [0.25, 0.3) is 0 Å². The van der Waals surface area contributed by atoms with Gasteiger partial charge in [-0.25, -0.2) is 4.90 Å². The summed E-state index contributed by atoms with van der Waals surface area (Å²) in [7, 11) is 0. The Hall–Kier alpha value is -1.88. The van der Waals surface area contributed by atoms with Crippen LogP contribution in [-0.2, 0) is 14.4 Å². The Morgan fingerprint density at radius 2 is 1.82 bits per heavy atom. The lowest BCUT2D eigenvalue weighted by Crippen LogP contribution is -2.56. The molecule has 2 aliphatic rings. The number of hydrogen-bond donors (Lipinski definition) is 3. The number of carboxylic acids is 1. The molecule has 0 spiro atoms. The molecule has 4 rings (SSSR count). The van der Waals surface area contributed by atoms with E-state index in [0.717, 1.165) is 8.47 Å². The van der Waals surface area contributed by atoms with E-state index < -0.39 is 41.2 Å². The van der Waals surface area contributed by atoms with Crippen LogP contribution in [0.4, 0.5) is 5.69 Å². The molecule has 0 unspecified atom stereocenters. The van der Waals surface area contributed by atoms with Gasteiger partial charge in [0.15, 0.2) is 0 Å². The van der Waals surface area contributed by atoms with Gasteiger partial charge < -0.3 is 10.2 Å². The number of halogens is 3. The molecule has 7 nitrogen and oxygen atoms in total. The average Bonchev–Trinajstić information content (AvgIpc) is 3.20. The first kappa shape index (κ1) is 24.3.